The molecule has 2 heterocycles. The van der Waals surface area contributed by atoms with Gasteiger partial charge in [-0.3, -0.25) is 9.36 Å². The Balaban J connectivity index is 1.85. The molecule has 2 aromatic carbocycles. The fourth-order valence-electron chi connectivity index (χ4n) is 2.83. The van der Waals surface area contributed by atoms with Crippen LogP contribution in [0.15, 0.2) is 69.5 Å². The van der Waals surface area contributed by atoms with Crippen LogP contribution in [0.1, 0.15) is 6.92 Å². The molecule has 0 N–H and O–H groups in total. The fourth-order valence-corrected chi connectivity index (χ4v) is 4.00. The second-order valence-electron chi connectivity index (χ2n) is 5.68. The molecule has 26 heavy (non-hydrogen) atoms. The van der Waals surface area contributed by atoms with Crippen molar-refractivity contribution in [3.63, 3.8) is 0 Å². The predicted octanol–water partition coefficient (Wildman–Crippen LogP) is 5.28. The Morgan fingerprint density at radius 3 is 2.54 bits per heavy atom. The van der Waals surface area contributed by atoms with Crippen LogP contribution in [0.4, 0.5) is 0 Å². The van der Waals surface area contributed by atoms with E-state index < -0.39 is 0 Å². The van der Waals surface area contributed by atoms with Crippen LogP contribution in [-0.4, -0.2) is 16.2 Å². The van der Waals surface area contributed by atoms with Crippen LogP contribution >= 0.6 is 27.3 Å². The molecule has 0 saturated carbocycles. The molecule has 0 atom stereocenters. The standard InChI is InChI=1S/C20H15BrN2O2S/c1-2-25-16-9-3-13(4-10-16)17-11-26-19-18(17)20(24)23(12-22-19)15-7-5-14(21)6-8-15/h3-12H,2H2,1H3. The smallest absolute Gasteiger partial charge is 0.267 e. The minimum atomic E-state index is -0.0672. The molecule has 4 aromatic rings. The molecule has 0 aliphatic heterocycles. The highest BCUT2D eigenvalue weighted by Crippen LogP contribution is 2.32. The van der Waals surface area contributed by atoms with E-state index in [0.717, 1.165) is 31.9 Å². The molecule has 0 bridgehead atoms. The van der Waals surface area contributed by atoms with E-state index in [1.165, 1.54) is 11.3 Å². The minimum absolute atomic E-state index is 0.0672. The molecule has 130 valence electrons. The van der Waals surface area contributed by atoms with Gasteiger partial charge >= 0.3 is 0 Å². The normalized spacial score (nSPS) is 11.0. The van der Waals surface area contributed by atoms with Crippen molar-refractivity contribution in [3.8, 4) is 22.6 Å². The van der Waals surface area contributed by atoms with Gasteiger partial charge in [0.05, 0.1) is 17.7 Å². The molecule has 2 aromatic heterocycles. The first-order valence-electron chi connectivity index (χ1n) is 8.15. The third-order valence-electron chi connectivity index (χ3n) is 4.08. The van der Waals surface area contributed by atoms with Crippen molar-refractivity contribution in [3.05, 3.63) is 75.1 Å². The first kappa shape index (κ1) is 17.0. The lowest BCUT2D eigenvalue weighted by Crippen LogP contribution is -2.18. The van der Waals surface area contributed by atoms with Gasteiger partial charge in [-0.25, -0.2) is 4.98 Å². The molecule has 6 heteroatoms. The molecule has 0 saturated heterocycles. The maximum absolute atomic E-state index is 13.1. The van der Waals surface area contributed by atoms with Crippen molar-refractivity contribution in [1.82, 2.24) is 9.55 Å². The number of thiophene rings is 1. The highest BCUT2D eigenvalue weighted by atomic mass is 79.9. The molecular weight excluding hydrogens is 412 g/mol. The summed E-state index contributed by atoms with van der Waals surface area (Å²) in [4.78, 5) is 18.4. The molecule has 0 radical (unpaired) electrons. The number of halogens is 1. The van der Waals surface area contributed by atoms with E-state index in [4.69, 9.17) is 4.74 Å². The summed E-state index contributed by atoms with van der Waals surface area (Å²) in [7, 11) is 0. The van der Waals surface area contributed by atoms with E-state index in [1.54, 1.807) is 10.9 Å². The van der Waals surface area contributed by atoms with Crippen LogP contribution in [0, 0.1) is 0 Å². The fraction of sp³-hybridized carbons (Fsp3) is 0.100. The molecule has 0 unspecified atom stereocenters. The topological polar surface area (TPSA) is 44.1 Å². The number of rotatable bonds is 4. The summed E-state index contributed by atoms with van der Waals surface area (Å²) in [5.74, 6) is 0.821. The summed E-state index contributed by atoms with van der Waals surface area (Å²) in [6.45, 7) is 2.58. The number of nitrogens with zero attached hydrogens (tertiary/aromatic N) is 2. The zero-order chi connectivity index (χ0) is 18.1. The van der Waals surface area contributed by atoms with Gasteiger partial charge in [0.2, 0.25) is 0 Å². The Morgan fingerprint density at radius 1 is 1.12 bits per heavy atom. The average molecular weight is 427 g/mol. The minimum Gasteiger partial charge on any atom is -0.494 e. The number of benzene rings is 2. The first-order chi connectivity index (χ1) is 12.7. The summed E-state index contributed by atoms with van der Waals surface area (Å²) in [6, 6.07) is 15.4. The number of ether oxygens (including phenoxy) is 1. The van der Waals surface area contributed by atoms with E-state index >= 15 is 0 Å². The van der Waals surface area contributed by atoms with Crippen molar-refractivity contribution in [2.45, 2.75) is 6.92 Å². The van der Waals surface area contributed by atoms with Gasteiger partial charge in [0, 0.05) is 15.4 Å². The highest BCUT2D eigenvalue weighted by Gasteiger charge is 2.14. The zero-order valence-electron chi connectivity index (χ0n) is 14.0. The Kier molecular flexibility index (Phi) is 4.61. The first-order valence-corrected chi connectivity index (χ1v) is 9.82. The zero-order valence-corrected chi connectivity index (χ0v) is 16.4. The number of hydrogen-bond donors (Lipinski definition) is 0. The molecule has 4 nitrogen and oxygen atoms in total. The van der Waals surface area contributed by atoms with Crippen LogP contribution < -0.4 is 10.3 Å². The quantitative estimate of drug-likeness (QED) is 0.446. The molecule has 0 aliphatic rings. The molecule has 0 amide bonds. The van der Waals surface area contributed by atoms with Crippen molar-refractivity contribution in [1.29, 1.82) is 0 Å². The number of aromatic nitrogens is 2. The predicted molar refractivity (Wildman–Crippen MR) is 110 cm³/mol. The van der Waals surface area contributed by atoms with Gasteiger partial charge < -0.3 is 4.74 Å². The molecule has 0 aliphatic carbocycles. The van der Waals surface area contributed by atoms with Crippen molar-refractivity contribution < 1.29 is 4.74 Å². The third-order valence-corrected chi connectivity index (χ3v) is 5.49. The summed E-state index contributed by atoms with van der Waals surface area (Å²) < 4.78 is 8.05. The summed E-state index contributed by atoms with van der Waals surface area (Å²) in [6.07, 6.45) is 1.59. The second kappa shape index (κ2) is 7.05. The van der Waals surface area contributed by atoms with Gasteiger partial charge in [-0.1, -0.05) is 28.1 Å². The lowest BCUT2D eigenvalue weighted by atomic mass is 10.1. The van der Waals surface area contributed by atoms with Crippen LogP contribution in [0.5, 0.6) is 5.75 Å². The van der Waals surface area contributed by atoms with Gasteiger partial charge in [0.1, 0.15) is 16.9 Å². The van der Waals surface area contributed by atoms with E-state index in [2.05, 4.69) is 20.9 Å². The van der Waals surface area contributed by atoms with Gasteiger partial charge in [0.25, 0.3) is 5.56 Å². The average Bonchev–Trinajstić information content (AvgIpc) is 3.09. The van der Waals surface area contributed by atoms with Crippen molar-refractivity contribution >= 4 is 37.5 Å². The van der Waals surface area contributed by atoms with E-state index in [-0.39, 0.29) is 5.56 Å². The molecular formula is C20H15BrN2O2S. The Morgan fingerprint density at radius 2 is 1.85 bits per heavy atom. The van der Waals surface area contributed by atoms with Crippen molar-refractivity contribution in [2.24, 2.45) is 0 Å². The van der Waals surface area contributed by atoms with Gasteiger partial charge in [-0.2, -0.15) is 0 Å². The van der Waals surface area contributed by atoms with E-state index in [1.807, 2.05) is 60.8 Å². The number of hydrogen-bond acceptors (Lipinski definition) is 4. The largest absolute Gasteiger partial charge is 0.494 e. The van der Waals surface area contributed by atoms with Gasteiger partial charge in [-0.15, -0.1) is 11.3 Å². The molecule has 0 spiro atoms. The highest BCUT2D eigenvalue weighted by molar-refractivity contribution is 9.10. The summed E-state index contributed by atoms with van der Waals surface area (Å²) in [5, 5.41) is 2.63. The maximum atomic E-state index is 13.1. The second-order valence-corrected chi connectivity index (χ2v) is 7.46. The van der Waals surface area contributed by atoms with Crippen LogP contribution in [-0.2, 0) is 0 Å². The number of fused-ring (bicyclic) bond motifs is 1. The van der Waals surface area contributed by atoms with E-state index in [0.29, 0.717) is 12.0 Å². The van der Waals surface area contributed by atoms with E-state index in [9.17, 15) is 4.79 Å². The van der Waals surface area contributed by atoms with Crippen molar-refractivity contribution in [2.75, 3.05) is 6.61 Å². The lowest BCUT2D eigenvalue weighted by molar-refractivity contribution is 0.340. The summed E-state index contributed by atoms with van der Waals surface area (Å²) in [5.41, 5.74) is 2.60. The molecule has 0 fully saturated rings. The Hall–Kier alpha value is -2.44. The Labute approximate surface area is 162 Å². The van der Waals surface area contributed by atoms with Crippen LogP contribution in [0.25, 0.3) is 27.0 Å². The van der Waals surface area contributed by atoms with Crippen LogP contribution in [0.2, 0.25) is 0 Å². The van der Waals surface area contributed by atoms with Crippen LogP contribution in [0.3, 0.4) is 0 Å². The maximum Gasteiger partial charge on any atom is 0.267 e. The van der Waals surface area contributed by atoms with Gasteiger partial charge in [-0.05, 0) is 48.9 Å². The SMILES string of the molecule is CCOc1ccc(-c2csc3ncn(-c4ccc(Br)cc4)c(=O)c23)cc1. The lowest BCUT2D eigenvalue weighted by Gasteiger charge is -2.07. The monoisotopic (exact) mass is 426 g/mol. The third kappa shape index (κ3) is 3.06. The Bertz CT molecular complexity index is 1120. The van der Waals surface area contributed by atoms with Gasteiger partial charge in [0.15, 0.2) is 0 Å². The summed E-state index contributed by atoms with van der Waals surface area (Å²) >= 11 is 4.90. The molecule has 4 rings (SSSR count).